The highest BCUT2D eigenvalue weighted by molar-refractivity contribution is 5.99. The van der Waals surface area contributed by atoms with Crippen molar-refractivity contribution in [3.05, 3.63) is 66.8 Å². The molecule has 162 valence electrons. The van der Waals surface area contributed by atoms with Crippen molar-refractivity contribution in [3.63, 3.8) is 0 Å². The summed E-state index contributed by atoms with van der Waals surface area (Å²) < 4.78 is 10.6. The van der Waals surface area contributed by atoms with Crippen LogP contribution in [0.1, 0.15) is 12.2 Å². The molecule has 8 nitrogen and oxygen atoms in total. The van der Waals surface area contributed by atoms with Crippen LogP contribution in [0.5, 0.6) is 5.75 Å². The predicted octanol–water partition coefficient (Wildman–Crippen LogP) is 4.04. The molecule has 1 saturated heterocycles. The van der Waals surface area contributed by atoms with E-state index in [2.05, 4.69) is 25.4 Å². The van der Waals surface area contributed by atoms with Crippen molar-refractivity contribution in [2.24, 2.45) is 0 Å². The summed E-state index contributed by atoms with van der Waals surface area (Å²) in [4.78, 5) is 21.5. The summed E-state index contributed by atoms with van der Waals surface area (Å²) in [5.74, 6) is 2.65. The lowest BCUT2D eigenvalue weighted by atomic mass is 10.3. The number of pyridine rings is 1. The van der Waals surface area contributed by atoms with Gasteiger partial charge in [0.1, 0.15) is 17.3 Å². The molecule has 0 radical (unpaired) electrons. The van der Waals surface area contributed by atoms with Crippen molar-refractivity contribution in [2.45, 2.75) is 13.0 Å². The molecule has 2 amide bonds. The Labute approximate surface area is 181 Å². The molecule has 2 aromatic heterocycles. The van der Waals surface area contributed by atoms with Gasteiger partial charge in [0.2, 0.25) is 0 Å². The maximum Gasteiger partial charge on any atom is 0.323 e. The van der Waals surface area contributed by atoms with E-state index in [1.165, 1.54) is 0 Å². The van der Waals surface area contributed by atoms with Crippen LogP contribution < -0.4 is 20.3 Å². The number of furan rings is 1. The molecule has 3 heterocycles. The number of hydrogen-bond acceptors (Lipinski definition) is 6. The number of rotatable bonds is 6. The molecule has 4 rings (SSSR count). The summed E-state index contributed by atoms with van der Waals surface area (Å²) in [7, 11) is 1.61. The van der Waals surface area contributed by atoms with Crippen molar-refractivity contribution in [1.82, 2.24) is 9.88 Å². The molecule has 2 N–H and O–H groups in total. The van der Waals surface area contributed by atoms with Crippen LogP contribution in [0, 0.1) is 0 Å². The second kappa shape index (κ2) is 9.99. The summed E-state index contributed by atoms with van der Waals surface area (Å²) in [6.07, 6.45) is 4.47. The molecular weight excluding hydrogens is 394 g/mol. The highest BCUT2D eigenvalue weighted by Gasteiger charge is 2.17. The number of nitrogens with one attached hydrogen (secondary N) is 2. The topological polar surface area (TPSA) is 82.9 Å². The van der Waals surface area contributed by atoms with E-state index >= 15 is 0 Å². The Kier molecular flexibility index (Phi) is 6.68. The number of methoxy groups -OCH3 is 1. The minimum Gasteiger partial charge on any atom is -0.497 e. The first-order chi connectivity index (χ1) is 15.2. The lowest BCUT2D eigenvalue weighted by Crippen LogP contribution is -2.30. The van der Waals surface area contributed by atoms with Gasteiger partial charge in [0.25, 0.3) is 0 Å². The first kappa shape index (κ1) is 20.7. The van der Waals surface area contributed by atoms with Gasteiger partial charge in [-0.1, -0.05) is 0 Å². The molecular formula is C23H27N5O3. The summed E-state index contributed by atoms with van der Waals surface area (Å²) in [5.41, 5.74) is 1.33. The number of amides is 2. The van der Waals surface area contributed by atoms with Crippen molar-refractivity contribution >= 4 is 23.2 Å². The van der Waals surface area contributed by atoms with Crippen LogP contribution in [0.15, 0.2) is 65.4 Å². The van der Waals surface area contributed by atoms with Crippen molar-refractivity contribution in [3.8, 4) is 5.75 Å². The number of carbonyl (C=O) groups excluding carboxylic acids is 1. The normalized spacial score (nSPS) is 14.7. The van der Waals surface area contributed by atoms with E-state index in [1.807, 2.05) is 24.3 Å². The smallest absolute Gasteiger partial charge is 0.323 e. The molecule has 0 atom stereocenters. The fraction of sp³-hybridized carbons (Fsp3) is 0.304. The summed E-state index contributed by atoms with van der Waals surface area (Å²) >= 11 is 0. The van der Waals surface area contributed by atoms with Gasteiger partial charge in [0.15, 0.2) is 0 Å². The molecule has 1 aromatic carbocycles. The minimum atomic E-state index is -0.317. The molecule has 31 heavy (non-hydrogen) atoms. The van der Waals surface area contributed by atoms with E-state index in [1.54, 1.807) is 43.8 Å². The van der Waals surface area contributed by atoms with Crippen LogP contribution in [0.25, 0.3) is 0 Å². The summed E-state index contributed by atoms with van der Waals surface area (Å²) in [5, 5.41) is 5.61. The molecule has 0 aliphatic carbocycles. The van der Waals surface area contributed by atoms with Crippen LogP contribution in [0.3, 0.4) is 0 Å². The number of benzene rings is 1. The van der Waals surface area contributed by atoms with Gasteiger partial charge < -0.3 is 24.7 Å². The molecule has 1 fully saturated rings. The van der Waals surface area contributed by atoms with Crippen LogP contribution in [-0.2, 0) is 6.54 Å². The monoisotopic (exact) mass is 421 g/mol. The van der Waals surface area contributed by atoms with Crippen LogP contribution >= 0.6 is 0 Å². The van der Waals surface area contributed by atoms with Gasteiger partial charge in [-0.05, 0) is 55.0 Å². The predicted molar refractivity (Wildman–Crippen MR) is 121 cm³/mol. The molecule has 0 bridgehead atoms. The zero-order valence-corrected chi connectivity index (χ0v) is 17.6. The van der Waals surface area contributed by atoms with Gasteiger partial charge in [-0.15, -0.1) is 0 Å². The third kappa shape index (κ3) is 5.76. The van der Waals surface area contributed by atoms with E-state index in [4.69, 9.17) is 9.15 Å². The van der Waals surface area contributed by atoms with Crippen molar-refractivity contribution < 1.29 is 13.9 Å². The summed E-state index contributed by atoms with van der Waals surface area (Å²) in [6.45, 7) is 4.67. The standard InChI is InChI=1S/C23H27N5O3/c1-30-20-8-5-18(6-9-20)25-23(29)26-19-7-10-22(24-16-19)28-12-3-11-27(13-14-28)17-21-4-2-15-31-21/h2,4-10,15-16H,3,11-14,17H2,1H3,(H2,25,26,29). The zero-order valence-electron chi connectivity index (χ0n) is 17.6. The Morgan fingerprint density at radius 3 is 2.55 bits per heavy atom. The van der Waals surface area contributed by atoms with E-state index < -0.39 is 0 Å². The zero-order chi connectivity index (χ0) is 21.5. The van der Waals surface area contributed by atoms with Gasteiger partial charge in [0.05, 0.1) is 31.8 Å². The van der Waals surface area contributed by atoms with Gasteiger partial charge in [-0.25, -0.2) is 9.78 Å². The van der Waals surface area contributed by atoms with Gasteiger partial charge >= 0.3 is 6.03 Å². The highest BCUT2D eigenvalue weighted by atomic mass is 16.5. The number of anilines is 3. The number of aromatic nitrogens is 1. The van der Waals surface area contributed by atoms with Crippen LogP contribution in [0.4, 0.5) is 22.0 Å². The second-order valence-corrected chi connectivity index (χ2v) is 7.41. The molecule has 8 heteroatoms. The Balaban J connectivity index is 1.28. The first-order valence-corrected chi connectivity index (χ1v) is 10.4. The van der Waals surface area contributed by atoms with E-state index in [0.29, 0.717) is 11.4 Å². The quantitative estimate of drug-likeness (QED) is 0.625. The number of hydrogen-bond donors (Lipinski definition) is 2. The van der Waals surface area contributed by atoms with E-state index in [0.717, 1.165) is 56.5 Å². The van der Waals surface area contributed by atoms with E-state index in [9.17, 15) is 4.79 Å². The Morgan fingerprint density at radius 2 is 1.84 bits per heavy atom. The first-order valence-electron chi connectivity index (χ1n) is 10.4. The third-order valence-electron chi connectivity index (χ3n) is 5.23. The molecule has 0 unspecified atom stereocenters. The van der Waals surface area contributed by atoms with Gasteiger partial charge in [-0.3, -0.25) is 4.90 Å². The molecule has 1 aliphatic heterocycles. The lowest BCUT2D eigenvalue weighted by molar-refractivity contribution is 0.260. The van der Waals surface area contributed by atoms with Crippen molar-refractivity contribution in [2.75, 3.05) is 48.8 Å². The lowest BCUT2D eigenvalue weighted by Gasteiger charge is -2.22. The molecule has 3 aromatic rings. The highest BCUT2D eigenvalue weighted by Crippen LogP contribution is 2.18. The average Bonchev–Trinajstić information content (AvgIpc) is 3.19. The SMILES string of the molecule is COc1ccc(NC(=O)Nc2ccc(N3CCCN(Cc4ccco4)CC3)nc2)cc1. The Bertz CT molecular complexity index is 958. The number of urea groups is 1. The van der Waals surface area contributed by atoms with Gasteiger partial charge in [-0.2, -0.15) is 0 Å². The largest absolute Gasteiger partial charge is 0.497 e. The molecule has 0 spiro atoms. The van der Waals surface area contributed by atoms with Gasteiger partial charge in [0, 0.05) is 31.9 Å². The number of carbonyl (C=O) groups is 1. The third-order valence-corrected chi connectivity index (χ3v) is 5.23. The second-order valence-electron chi connectivity index (χ2n) is 7.41. The Hall–Kier alpha value is -3.52. The minimum absolute atomic E-state index is 0.317. The average molecular weight is 422 g/mol. The fourth-order valence-corrected chi connectivity index (χ4v) is 3.60. The van der Waals surface area contributed by atoms with E-state index in [-0.39, 0.29) is 6.03 Å². The number of ether oxygens (including phenoxy) is 1. The number of nitrogens with zero attached hydrogens (tertiary/aromatic N) is 3. The van der Waals surface area contributed by atoms with Crippen LogP contribution in [0.2, 0.25) is 0 Å². The van der Waals surface area contributed by atoms with Crippen LogP contribution in [-0.4, -0.2) is 49.2 Å². The van der Waals surface area contributed by atoms with Crippen molar-refractivity contribution in [1.29, 1.82) is 0 Å². The molecule has 0 saturated carbocycles. The maximum atomic E-state index is 12.2. The maximum absolute atomic E-state index is 12.2. The summed E-state index contributed by atoms with van der Waals surface area (Å²) in [6, 6.07) is 14.6. The molecule has 1 aliphatic rings. The fourth-order valence-electron chi connectivity index (χ4n) is 3.60. The Morgan fingerprint density at radius 1 is 1.03 bits per heavy atom.